The molecule has 0 spiro atoms. The molecule has 3 heterocycles. The third-order valence-corrected chi connectivity index (χ3v) is 6.34. The predicted octanol–water partition coefficient (Wildman–Crippen LogP) is 2.75. The molecule has 1 aliphatic carbocycles. The molecule has 0 atom stereocenters. The van der Waals surface area contributed by atoms with Crippen LogP contribution in [-0.4, -0.2) is 61.9 Å². The minimum atomic E-state index is 0.227. The first-order valence-electron chi connectivity index (χ1n) is 10.9. The maximum atomic E-state index is 12.8. The summed E-state index contributed by atoms with van der Waals surface area (Å²) in [5.74, 6) is 1.36. The van der Waals surface area contributed by atoms with Gasteiger partial charge >= 0.3 is 0 Å². The molecule has 2 aliphatic rings. The summed E-state index contributed by atoms with van der Waals surface area (Å²) in [6.07, 6.45) is 7.31. The van der Waals surface area contributed by atoms with Crippen LogP contribution in [0.4, 0.5) is 5.82 Å². The number of benzene rings is 1. The van der Waals surface area contributed by atoms with E-state index in [1.165, 1.54) is 24.8 Å². The van der Waals surface area contributed by atoms with Gasteiger partial charge in [-0.1, -0.05) is 42.2 Å². The van der Waals surface area contributed by atoms with E-state index in [0.29, 0.717) is 17.1 Å². The molecule has 3 aromatic rings. The molecule has 1 aliphatic heterocycles. The molecule has 8 heteroatoms. The zero-order valence-electron chi connectivity index (χ0n) is 17.4. The number of piperazine rings is 1. The van der Waals surface area contributed by atoms with Gasteiger partial charge in [0, 0.05) is 32.1 Å². The van der Waals surface area contributed by atoms with Crippen molar-refractivity contribution in [1.29, 1.82) is 0 Å². The highest BCUT2D eigenvalue weighted by atomic mass is 16.2. The van der Waals surface area contributed by atoms with E-state index in [1.54, 1.807) is 11.0 Å². The second kappa shape index (κ2) is 8.01. The minimum Gasteiger partial charge on any atom is -0.351 e. The van der Waals surface area contributed by atoms with Crippen LogP contribution in [-0.2, 0) is 4.79 Å². The minimum absolute atomic E-state index is 0.227. The average molecular weight is 406 g/mol. The van der Waals surface area contributed by atoms with Crippen molar-refractivity contribution in [2.24, 2.45) is 5.92 Å². The van der Waals surface area contributed by atoms with Gasteiger partial charge in [0.2, 0.25) is 5.91 Å². The second-order valence-electron chi connectivity index (χ2n) is 8.35. The van der Waals surface area contributed by atoms with Crippen LogP contribution in [0.1, 0.15) is 37.7 Å². The van der Waals surface area contributed by atoms with Crippen molar-refractivity contribution in [2.45, 2.75) is 39.0 Å². The summed E-state index contributed by atoms with van der Waals surface area (Å²) in [5.41, 5.74) is 3.52. The van der Waals surface area contributed by atoms with Gasteiger partial charge in [-0.05, 0) is 31.9 Å². The van der Waals surface area contributed by atoms with Gasteiger partial charge in [0.1, 0.15) is 6.33 Å². The van der Waals surface area contributed by atoms with Crippen LogP contribution in [0.3, 0.4) is 0 Å². The Bertz CT molecular complexity index is 1030. The standard InChI is InChI=1S/C22H27N7O/c1-16-7-9-18(10-8-16)29-21-19(25-26-29)20(23-15-24-21)27-11-13-28(14-12-27)22(30)17-5-3-2-4-6-17/h7-10,15,17H,2-6,11-14H2,1H3. The number of anilines is 1. The van der Waals surface area contributed by atoms with Crippen LogP contribution < -0.4 is 4.90 Å². The summed E-state index contributed by atoms with van der Waals surface area (Å²) in [7, 11) is 0. The van der Waals surface area contributed by atoms with E-state index < -0.39 is 0 Å². The van der Waals surface area contributed by atoms with Crippen molar-refractivity contribution in [3.8, 4) is 5.69 Å². The number of aromatic nitrogens is 5. The SMILES string of the molecule is Cc1ccc(-n2nnc3c(N4CCN(C(=O)C5CCCCC5)CC4)ncnc32)cc1. The first-order valence-corrected chi connectivity index (χ1v) is 10.9. The quantitative estimate of drug-likeness (QED) is 0.667. The monoisotopic (exact) mass is 405 g/mol. The summed E-state index contributed by atoms with van der Waals surface area (Å²) in [5, 5.41) is 8.71. The molecule has 8 nitrogen and oxygen atoms in total. The molecule has 2 aromatic heterocycles. The Morgan fingerprint density at radius 3 is 2.43 bits per heavy atom. The van der Waals surface area contributed by atoms with Crippen LogP contribution in [0.15, 0.2) is 30.6 Å². The van der Waals surface area contributed by atoms with Crippen molar-refractivity contribution in [3.63, 3.8) is 0 Å². The van der Waals surface area contributed by atoms with E-state index in [1.807, 2.05) is 29.2 Å². The van der Waals surface area contributed by atoms with Crippen LogP contribution >= 0.6 is 0 Å². The normalized spacial score (nSPS) is 18.2. The van der Waals surface area contributed by atoms with Crippen molar-refractivity contribution >= 4 is 22.9 Å². The highest BCUT2D eigenvalue weighted by Crippen LogP contribution is 2.27. The Morgan fingerprint density at radius 2 is 1.70 bits per heavy atom. The van der Waals surface area contributed by atoms with E-state index in [0.717, 1.165) is 50.5 Å². The van der Waals surface area contributed by atoms with E-state index in [-0.39, 0.29) is 5.92 Å². The third kappa shape index (κ3) is 3.51. The molecular weight excluding hydrogens is 378 g/mol. The number of hydrogen-bond donors (Lipinski definition) is 0. The molecule has 156 valence electrons. The van der Waals surface area contributed by atoms with Crippen LogP contribution in [0.5, 0.6) is 0 Å². The molecule has 1 saturated carbocycles. The molecule has 0 bridgehead atoms. The predicted molar refractivity (Wildman–Crippen MR) is 115 cm³/mol. The number of nitrogens with zero attached hydrogens (tertiary/aromatic N) is 7. The number of fused-ring (bicyclic) bond motifs is 1. The van der Waals surface area contributed by atoms with Crippen LogP contribution in [0.25, 0.3) is 16.9 Å². The average Bonchev–Trinajstić information content (AvgIpc) is 3.24. The Morgan fingerprint density at radius 1 is 0.967 bits per heavy atom. The van der Waals surface area contributed by atoms with Crippen molar-refractivity contribution < 1.29 is 4.79 Å². The lowest BCUT2D eigenvalue weighted by Crippen LogP contribution is -2.50. The number of aryl methyl sites for hydroxylation is 1. The molecule has 1 amide bonds. The fourth-order valence-corrected chi connectivity index (χ4v) is 4.57. The molecule has 1 aromatic carbocycles. The van der Waals surface area contributed by atoms with Gasteiger partial charge in [0.25, 0.3) is 0 Å². The molecule has 2 fully saturated rings. The van der Waals surface area contributed by atoms with Crippen LogP contribution in [0.2, 0.25) is 0 Å². The second-order valence-corrected chi connectivity index (χ2v) is 8.35. The van der Waals surface area contributed by atoms with Gasteiger partial charge in [-0.15, -0.1) is 5.10 Å². The van der Waals surface area contributed by atoms with Gasteiger partial charge in [0.05, 0.1) is 5.69 Å². The molecular formula is C22H27N7O. The zero-order chi connectivity index (χ0) is 20.5. The Balaban J connectivity index is 1.33. The summed E-state index contributed by atoms with van der Waals surface area (Å²) in [6, 6.07) is 8.13. The number of carbonyl (C=O) groups excluding carboxylic acids is 1. The van der Waals surface area contributed by atoms with Gasteiger partial charge in [-0.25, -0.2) is 9.97 Å². The summed E-state index contributed by atoms with van der Waals surface area (Å²) < 4.78 is 1.75. The Kier molecular flexibility index (Phi) is 5.06. The number of amides is 1. The van der Waals surface area contributed by atoms with Crippen molar-refractivity contribution in [3.05, 3.63) is 36.2 Å². The van der Waals surface area contributed by atoms with Crippen molar-refractivity contribution in [1.82, 2.24) is 29.9 Å². The summed E-state index contributed by atoms with van der Waals surface area (Å²) >= 11 is 0. The fraction of sp³-hybridized carbons (Fsp3) is 0.500. The molecule has 0 unspecified atom stereocenters. The Hall–Kier alpha value is -3.03. The lowest BCUT2D eigenvalue weighted by atomic mass is 9.88. The van der Waals surface area contributed by atoms with Crippen molar-refractivity contribution in [2.75, 3.05) is 31.1 Å². The maximum Gasteiger partial charge on any atom is 0.225 e. The van der Waals surface area contributed by atoms with Gasteiger partial charge in [-0.3, -0.25) is 4.79 Å². The first-order chi connectivity index (χ1) is 14.7. The largest absolute Gasteiger partial charge is 0.351 e. The smallest absolute Gasteiger partial charge is 0.225 e. The van der Waals surface area contributed by atoms with Gasteiger partial charge < -0.3 is 9.80 Å². The van der Waals surface area contributed by atoms with E-state index >= 15 is 0 Å². The number of rotatable bonds is 3. The zero-order valence-corrected chi connectivity index (χ0v) is 17.4. The fourth-order valence-electron chi connectivity index (χ4n) is 4.57. The van der Waals surface area contributed by atoms with E-state index in [4.69, 9.17) is 0 Å². The summed E-state index contributed by atoms with van der Waals surface area (Å²) in [6.45, 7) is 5.02. The highest BCUT2D eigenvalue weighted by molar-refractivity contribution is 5.84. The number of carbonyl (C=O) groups is 1. The van der Waals surface area contributed by atoms with Crippen LogP contribution in [0, 0.1) is 12.8 Å². The topological polar surface area (TPSA) is 80.0 Å². The van der Waals surface area contributed by atoms with E-state index in [9.17, 15) is 4.79 Å². The van der Waals surface area contributed by atoms with E-state index in [2.05, 4.69) is 32.1 Å². The lowest BCUT2D eigenvalue weighted by Gasteiger charge is -2.37. The third-order valence-electron chi connectivity index (χ3n) is 6.34. The number of hydrogen-bond acceptors (Lipinski definition) is 6. The lowest BCUT2D eigenvalue weighted by molar-refractivity contribution is -0.136. The molecule has 1 saturated heterocycles. The molecule has 0 radical (unpaired) electrons. The molecule has 0 N–H and O–H groups in total. The molecule has 5 rings (SSSR count). The Labute approximate surface area is 175 Å². The highest BCUT2D eigenvalue weighted by Gasteiger charge is 2.29. The summed E-state index contributed by atoms with van der Waals surface area (Å²) in [4.78, 5) is 26.0. The maximum absolute atomic E-state index is 12.8. The van der Waals surface area contributed by atoms with Gasteiger partial charge in [-0.2, -0.15) is 4.68 Å². The molecule has 30 heavy (non-hydrogen) atoms. The van der Waals surface area contributed by atoms with Gasteiger partial charge in [0.15, 0.2) is 17.0 Å². The first kappa shape index (κ1) is 19.0.